The summed E-state index contributed by atoms with van der Waals surface area (Å²) in [6.07, 6.45) is 4.53. The number of rotatable bonds is 7. The predicted molar refractivity (Wildman–Crippen MR) is 93.1 cm³/mol. The summed E-state index contributed by atoms with van der Waals surface area (Å²) in [5.74, 6) is -0.328. The molecule has 0 aliphatic heterocycles. The number of nitrogens with one attached hydrogen (secondary N) is 2. The number of nitrogens with zero attached hydrogens (tertiary/aromatic N) is 3. The fourth-order valence-corrected chi connectivity index (χ4v) is 3.60. The van der Waals surface area contributed by atoms with Gasteiger partial charge in [0.05, 0.1) is 5.25 Å². The normalized spacial score (nSPS) is 15.0. The molecule has 1 unspecified atom stereocenters. The number of hydrogen-bond acceptors (Lipinski definition) is 6. The maximum Gasteiger partial charge on any atom is 0.321 e. The molecule has 24 heavy (non-hydrogen) atoms. The molecule has 0 radical (unpaired) electrons. The van der Waals surface area contributed by atoms with Gasteiger partial charge in [-0.05, 0) is 37.6 Å². The fraction of sp³-hybridized carbons (Fsp3) is 0.467. The number of carbonyl (C=O) groups excluding carboxylic acids is 2. The standard InChI is InChI=1S/C15H19N5O2S2/c1-10(13(21)18-14(22)17-11-4-5-11)24-15-19-16-9-20(15)7-6-12-3-2-8-23-12/h2-3,8-11H,4-7H2,1H3,(H2,17,18,21,22). The highest BCUT2D eigenvalue weighted by Crippen LogP contribution is 2.22. The van der Waals surface area contributed by atoms with Crippen LogP contribution in [-0.4, -0.2) is 38.0 Å². The van der Waals surface area contributed by atoms with Crippen LogP contribution in [0.2, 0.25) is 0 Å². The maximum absolute atomic E-state index is 12.1. The quantitative estimate of drug-likeness (QED) is 0.733. The molecule has 1 saturated carbocycles. The molecule has 7 nitrogen and oxygen atoms in total. The van der Waals surface area contributed by atoms with E-state index in [-0.39, 0.29) is 11.9 Å². The molecular weight excluding hydrogens is 346 g/mol. The molecule has 2 aromatic heterocycles. The second-order valence-electron chi connectivity index (χ2n) is 5.63. The van der Waals surface area contributed by atoms with Gasteiger partial charge < -0.3 is 9.88 Å². The van der Waals surface area contributed by atoms with Crippen molar-refractivity contribution in [2.24, 2.45) is 0 Å². The van der Waals surface area contributed by atoms with Crippen LogP contribution in [0, 0.1) is 0 Å². The van der Waals surface area contributed by atoms with E-state index < -0.39 is 11.3 Å². The first kappa shape index (κ1) is 17.0. The van der Waals surface area contributed by atoms with Gasteiger partial charge in [0.2, 0.25) is 5.91 Å². The van der Waals surface area contributed by atoms with Crippen molar-refractivity contribution in [3.05, 3.63) is 28.7 Å². The Hall–Kier alpha value is -1.87. The van der Waals surface area contributed by atoms with Gasteiger partial charge in [0.15, 0.2) is 5.16 Å². The minimum absolute atomic E-state index is 0.223. The first-order valence-corrected chi connectivity index (χ1v) is 9.56. The van der Waals surface area contributed by atoms with Gasteiger partial charge in [-0.1, -0.05) is 17.8 Å². The average Bonchev–Trinajstić information content (AvgIpc) is 3.02. The molecule has 2 N–H and O–H groups in total. The van der Waals surface area contributed by atoms with Crippen molar-refractivity contribution >= 4 is 35.0 Å². The molecule has 9 heteroatoms. The summed E-state index contributed by atoms with van der Waals surface area (Å²) in [4.78, 5) is 25.0. The van der Waals surface area contributed by atoms with E-state index in [0.29, 0.717) is 5.16 Å². The summed E-state index contributed by atoms with van der Waals surface area (Å²) in [7, 11) is 0. The first-order valence-electron chi connectivity index (χ1n) is 7.80. The molecule has 3 rings (SSSR count). The van der Waals surface area contributed by atoms with Crippen molar-refractivity contribution in [2.75, 3.05) is 0 Å². The number of carbonyl (C=O) groups is 2. The SMILES string of the molecule is CC(Sc1nncn1CCc1cccs1)C(=O)NC(=O)NC1CC1. The number of amides is 3. The zero-order chi connectivity index (χ0) is 16.9. The lowest BCUT2D eigenvalue weighted by Crippen LogP contribution is -2.43. The smallest absolute Gasteiger partial charge is 0.321 e. The molecule has 1 atom stereocenters. The average molecular weight is 365 g/mol. The van der Waals surface area contributed by atoms with Gasteiger partial charge in [-0.2, -0.15) is 0 Å². The lowest BCUT2D eigenvalue weighted by atomic mass is 10.3. The number of aromatic nitrogens is 3. The molecule has 0 spiro atoms. The molecular formula is C15H19N5O2S2. The van der Waals surface area contributed by atoms with E-state index in [1.807, 2.05) is 10.6 Å². The monoisotopic (exact) mass is 365 g/mol. The first-order chi connectivity index (χ1) is 11.6. The van der Waals surface area contributed by atoms with Crippen molar-refractivity contribution in [3.8, 4) is 0 Å². The molecule has 1 aliphatic rings. The molecule has 1 fully saturated rings. The van der Waals surface area contributed by atoms with E-state index in [9.17, 15) is 9.59 Å². The van der Waals surface area contributed by atoms with Crippen molar-refractivity contribution in [1.82, 2.24) is 25.4 Å². The number of hydrogen-bond donors (Lipinski definition) is 2. The minimum atomic E-state index is -0.431. The van der Waals surface area contributed by atoms with Crippen LogP contribution in [0.1, 0.15) is 24.6 Å². The second kappa shape index (κ2) is 7.80. The molecule has 0 saturated heterocycles. The van der Waals surface area contributed by atoms with Gasteiger partial charge >= 0.3 is 6.03 Å². The topological polar surface area (TPSA) is 88.9 Å². The Morgan fingerprint density at radius 3 is 3.04 bits per heavy atom. The van der Waals surface area contributed by atoms with Crippen LogP contribution in [0.25, 0.3) is 0 Å². The number of thioether (sulfide) groups is 1. The highest BCUT2D eigenvalue weighted by Gasteiger charge is 2.25. The van der Waals surface area contributed by atoms with Gasteiger partial charge in [0.1, 0.15) is 6.33 Å². The summed E-state index contributed by atoms with van der Waals surface area (Å²) in [6, 6.07) is 3.92. The molecule has 2 heterocycles. The summed E-state index contributed by atoms with van der Waals surface area (Å²) in [5, 5.41) is 15.4. The molecule has 2 aromatic rings. The number of aryl methyl sites for hydroxylation is 2. The Kier molecular flexibility index (Phi) is 5.52. The van der Waals surface area contributed by atoms with E-state index in [1.54, 1.807) is 24.6 Å². The molecule has 3 amide bonds. The van der Waals surface area contributed by atoms with E-state index in [1.165, 1.54) is 16.6 Å². The highest BCUT2D eigenvalue weighted by molar-refractivity contribution is 8.00. The highest BCUT2D eigenvalue weighted by atomic mass is 32.2. The van der Waals surface area contributed by atoms with E-state index in [4.69, 9.17) is 0 Å². The number of urea groups is 1. The Morgan fingerprint density at radius 1 is 1.50 bits per heavy atom. The minimum Gasteiger partial charge on any atom is -0.335 e. The van der Waals surface area contributed by atoms with Gasteiger partial charge in [-0.25, -0.2) is 4.79 Å². The zero-order valence-electron chi connectivity index (χ0n) is 13.3. The Labute approximate surface area is 148 Å². The van der Waals surface area contributed by atoms with Crippen LogP contribution in [0.5, 0.6) is 0 Å². The Bertz CT molecular complexity index is 697. The van der Waals surface area contributed by atoms with Crippen molar-refractivity contribution in [2.45, 2.75) is 49.2 Å². The molecule has 0 aromatic carbocycles. The second-order valence-corrected chi connectivity index (χ2v) is 7.97. The van der Waals surface area contributed by atoms with E-state index in [0.717, 1.165) is 25.8 Å². The van der Waals surface area contributed by atoms with Crippen LogP contribution >= 0.6 is 23.1 Å². The Balaban J connectivity index is 1.50. The summed E-state index contributed by atoms with van der Waals surface area (Å²) >= 11 is 3.02. The third-order valence-corrected chi connectivity index (χ3v) is 5.59. The maximum atomic E-state index is 12.1. The van der Waals surface area contributed by atoms with Gasteiger partial charge in [0, 0.05) is 17.5 Å². The lowest BCUT2D eigenvalue weighted by molar-refractivity contribution is -0.119. The predicted octanol–water partition coefficient (Wildman–Crippen LogP) is 2.05. The van der Waals surface area contributed by atoms with Crippen molar-refractivity contribution < 1.29 is 9.59 Å². The summed E-state index contributed by atoms with van der Waals surface area (Å²) in [6.45, 7) is 2.51. The van der Waals surface area contributed by atoms with Gasteiger partial charge in [-0.15, -0.1) is 21.5 Å². The number of thiophene rings is 1. The van der Waals surface area contributed by atoms with Crippen LogP contribution in [0.15, 0.2) is 29.0 Å². The summed E-state index contributed by atoms with van der Waals surface area (Å²) < 4.78 is 1.93. The van der Waals surface area contributed by atoms with E-state index in [2.05, 4.69) is 32.3 Å². The molecule has 1 aliphatic carbocycles. The lowest BCUT2D eigenvalue weighted by Gasteiger charge is -2.12. The third kappa shape index (κ3) is 4.81. The van der Waals surface area contributed by atoms with Gasteiger partial charge in [-0.3, -0.25) is 10.1 Å². The van der Waals surface area contributed by atoms with Crippen LogP contribution in [-0.2, 0) is 17.8 Å². The summed E-state index contributed by atoms with van der Waals surface area (Å²) in [5.41, 5.74) is 0. The van der Waals surface area contributed by atoms with E-state index >= 15 is 0 Å². The molecule has 0 bridgehead atoms. The number of imide groups is 1. The molecule has 128 valence electrons. The van der Waals surface area contributed by atoms with Crippen LogP contribution in [0.4, 0.5) is 4.79 Å². The Morgan fingerprint density at radius 2 is 2.33 bits per heavy atom. The van der Waals surface area contributed by atoms with Crippen molar-refractivity contribution in [1.29, 1.82) is 0 Å². The largest absolute Gasteiger partial charge is 0.335 e. The van der Waals surface area contributed by atoms with Crippen LogP contribution < -0.4 is 10.6 Å². The van der Waals surface area contributed by atoms with Gasteiger partial charge in [0.25, 0.3) is 0 Å². The zero-order valence-corrected chi connectivity index (χ0v) is 14.9. The van der Waals surface area contributed by atoms with Crippen LogP contribution in [0.3, 0.4) is 0 Å². The van der Waals surface area contributed by atoms with Crippen molar-refractivity contribution in [3.63, 3.8) is 0 Å². The third-order valence-electron chi connectivity index (χ3n) is 3.56. The fourth-order valence-electron chi connectivity index (χ4n) is 2.05.